The van der Waals surface area contributed by atoms with Crippen LogP contribution >= 0.6 is 0 Å². The number of hydrogen-bond donors (Lipinski definition) is 1. The molecule has 0 aliphatic heterocycles. The fraction of sp³-hybridized carbons (Fsp3) is 0.250. The Kier molecular flexibility index (Phi) is 5.13. The van der Waals surface area contributed by atoms with Crippen LogP contribution in [0.15, 0.2) is 48.5 Å². The van der Waals surface area contributed by atoms with Gasteiger partial charge in [-0.25, -0.2) is 8.42 Å². The smallest absolute Gasteiger partial charge is 0.244 e. The topological polar surface area (TPSA) is 68.2 Å². The van der Waals surface area contributed by atoms with E-state index in [-0.39, 0.29) is 18.2 Å². The van der Waals surface area contributed by atoms with Crippen LogP contribution in [-0.4, -0.2) is 37.4 Å². The van der Waals surface area contributed by atoms with Crippen molar-refractivity contribution < 1.29 is 13.2 Å². The molecule has 1 N–H and O–H groups in total. The van der Waals surface area contributed by atoms with Crippen LogP contribution in [0, 0.1) is 0 Å². The number of rotatable bonds is 6. The molecule has 3 rings (SSSR count). The van der Waals surface area contributed by atoms with Crippen LogP contribution in [0.5, 0.6) is 0 Å². The van der Waals surface area contributed by atoms with Gasteiger partial charge in [0.25, 0.3) is 0 Å². The normalized spacial score (nSPS) is 12.2. The zero-order chi connectivity index (χ0) is 18.7. The molecule has 0 aliphatic rings. The molecule has 0 atom stereocenters. The van der Waals surface area contributed by atoms with E-state index in [1.165, 1.54) is 22.5 Å². The van der Waals surface area contributed by atoms with Gasteiger partial charge in [-0.2, -0.15) is 0 Å². The van der Waals surface area contributed by atoms with Crippen molar-refractivity contribution in [1.82, 2.24) is 9.88 Å². The maximum atomic E-state index is 11.8. The summed E-state index contributed by atoms with van der Waals surface area (Å²) in [5.74, 6) is -0.362. The van der Waals surface area contributed by atoms with Gasteiger partial charge in [-0.05, 0) is 36.8 Å². The molecule has 0 saturated heterocycles. The number of carbonyl (C=O) groups excluding carboxylic acids is 1. The van der Waals surface area contributed by atoms with Crippen LogP contribution in [0.4, 0.5) is 0 Å². The van der Waals surface area contributed by atoms with E-state index in [9.17, 15) is 13.2 Å². The van der Waals surface area contributed by atoms with E-state index in [0.717, 1.165) is 23.8 Å². The van der Waals surface area contributed by atoms with Crippen molar-refractivity contribution in [3.05, 3.63) is 54.1 Å². The van der Waals surface area contributed by atoms with Gasteiger partial charge in [-0.15, -0.1) is 0 Å². The summed E-state index contributed by atoms with van der Waals surface area (Å²) in [5, 5.41) is 4.93. The first kappa shape index (κ1) is 18.2. The maximum absolute atomic E-state index is 11.8. The van der Waals surface area contributed by atoms with Gasteiger partial charge in [-0.3, -0.25) is 4.79 Å². The highest BCUT2D eigenvalue weighted by molar-refractivity contribution is 7.90. The molecule has 136 valence electrons. The Labute approximate surface area is 153 Å². The summed E-state index contributed by atoms with van der Waals surface area (Å²) in [5.41, 5.74) is 3.29. The highest BCUT2D eigenvalue weighted by Gasteiger charge is 2.09. The molecule has 2 aromatic carbocycles. The third kappa shape index (κ3) is 3.96. The molecule has 6 heteroatoms. The number of para-hydroxylation sites is 1. The van der Waals surface area contributed by atoms with Crippen molar-refractivity contribution in [2.45, 2.75) is 13.5 Å². The number of carbonyl (C=O) groups is 1. The summed E-state index contributed by atoms with van der Waals surface area (Å²) >= 11 is 0. The average molecular weight is 370 g/mol. The van der Waals surface area contributed by atoms with E-state index in [4.69, 9.17) is 0 Å². The third-order valence-electron chi connectivity index (χ3n) is 4.31. The summed E-state index contributed by atoms with van der Waals surface area (Å²) in [4.78, 5) is 11.8. The lowest BCUT2D eigenvalue weighted by molar-refractivity contribution is -0.116. The monoisotopic (exact) mass is 370 g/mol. The maximum Gasteiger partial charge on any atom is 0.244 e. The Hall–Kier alpha value is -2.60. The van der Waals surface area contributed by atoms with E-state index in [1.807, 2.05) is 18.2 Å². The lowest BCUT2D eigenvalue weighted by Crippen LogP contribution is -2.27. The summed E-state index contributed by atoms with van der Waals surface area (Å²) in [7, 11) is -3.07. The first-order chi connectivity index (χ1) is 12.4. The molecule has 0 radical (unpaired) electrons. The van der Waals surface area contributed by atoms with Gasteiger partial charge in [0.15, 0.2) is 0 Å². The minimum atomic E-state index is -3.07. The second kappa shape index (κ2) is 7.33. The molecule has 0 bridgehead atoms. The predicted molar refractivity (Wildman–Crippen MR) is 107 cm³/mol. The van der Waals surface area contributed by atoms with Crippen LogP contribution in [-0.2, 0) is 21.2 Å². The van der Waals surface area contributed by atoms with Gasteiger partial charge in [0.1, 0.15) is 9.84 Å². The number of nitrogens with one attached hydrogen (secondary N) is 1. The number of amides is 1. The number of aryl methyl sites for hydroxylation is 1. The lowest BCUT2D eigenvalue weighted by atomic mass is 10.1. The molecule has 0 unspecified atom stereocenters. The standard InChI is InChI=1S/C20H22N2O3S/c1-3-22-18-7-5-4-6-16(18)17-14-15(8-10-19(17)22)9-11-20(23)21-12-13-26(2,24)25/h4-11,14H,3,12-13H2,1-2H3,(H,21,23). The predicted octanol–water partition coefficient (Wildman–Crippen LogP) is 2.99. The number of nitrogens with zero attached hydrogens (tertiary/aromatic N) is 1. The van der Waals surface area contributed by atoms with Crippen molar-refractivity contribution in [1.29, 1.82) is 0 Å². The molecule has 5 nitrogen and oxygen atoms in total. The number of sulfone groups is 1. The molecule has 0 aliphatic carbocycles. The van der Waals surface area contributed by atoms with E-state index in [1.54, 1.807) is 6.08 Å². The Morgan fingerprint density at radius 2 is 1.85 bits per heavy atom. The fourth-order valence-corrected chi connectivity index (χ4v) is 3.58. The first-order valence-corrected chi connectivity index (χ1v) is 10.6. The van der Waals surface area contributed by atoms with Crippen molar-refractivity contribution in [2.24, 2.45) is 0 Å². The molecule has 0 saturated carbocycles. The largest absolute Gasteiger partial charge is 0.352 e. The molecule has 1 heterocycles. The van der Waals surface area contributed by atoms with Gasteiger partial charge in [0.05, 0.1) is 5.75 Å². The van der Waals surface area contributed by atoms with Gasteiger partial charge in [0, 0.05) is 47.2 Å². The van der Waals surface area contributed by atoms with Gasteiger partial charge in [0.2, 0.25) is 5.91 Å². The molecule has 26 heavy (non-hydrogen) atoms. The van der Waals surface area contributed by atoms with Gasteiger partial charge >= 0.3 is 0 Å². The van der Waals surface area contributed by atoms with Crippen molar-refractivity contribution >= 4 is 43.6 Å². The molecule has 1 aromatic heterocycles. The van der Waals surface area contributed by atoms with Crippen molar-refractivity contribution in [3.8, 4) is 0 Å². The van der Waals surface area contributed by atoms with Gasteiger partial charge < -0.3 is 9.88 Å². The summed E-state index contributed by atoms with van der Waals surface area (Å²) < 4.78 is 24.4. The zero-order valence-electron chi connectivity index (χ0n) is 14.9. The highest BCUT2D eigenvalue weighted by atomic mass is 32.2. The van der Waals surface area contributed by atoms with Crippen LogP contribution in [0.25, 0.3) is 27.9 Å². The Morgan fingerprint density at radius 3 is 2.58 bits per heavy atom. The molecular formula is C20H22N2O3S. The lowest BCUT2D eigenvalue weighted by Gasteiger charge is -2.03. The Morgan fingerprint density at radius 1 is 1.12 bits per heavy atom. The van der Waals surface area contributed by atoms with Crippen LogP contribution in [0.3, 0.4) is 0 Å². The van der Waals surface area contributed by atoms with E-state index in [0.29, 0.717) is 0 Å². The number of hydrogen-bond acceptors (Lipinski definition) is 3. The first-order valence-electron chi connectivity index (χ1n) is 8.53. The summed E-state index contributed by atoms with van der Waals surface area (Å²) in [6.07, 6.45) is 4.33. The second-order valence-corrected chi connectivity index (χ2v) is 8.55. The molecule has 3 aromatic rings. The highest BCUT2D eigenvalue weighted by Crippen LogP contribution is 2.29. The SMILES string of the molecule is CCn1c2ccccc2c2cc(C=CC(=O)NCCS(C)(=O)=O)ccc21. The number of aromatic nitrogens is 1. The van der Waals surface area contributed by atoms with Crippen LogP contribution in [0.2, 0.25) is 0 Å². The summed E-state index contributed by atoms with van der Waals surface area (Å²) in [6, 6.07) is 14.4. The Bertz CT molecular complexity index is 1090. The fourth-order valence-electron chi connectivity index (χ4n) is 3.11. The van der Waals surface area contributed by atoms with Crippen molar-refractivity contribution in [3.63, 3.8) is 0 Å². The quantitative estimate of drug-likeness (QED) is 0.678. The Balaban J connectivity index is 1.83. The average Bonchev–Trinajstić information content (AvgIpc) is 2.92. The van der Waals surface area contributed by atoms with E-state index in [2.05, 4.69) is 41.1 Å². The van der Waals surface area contributed by atoms with Crippen molar-refractivity contribution in [2.75, 3.05) is 18.6 Å². The van der Waals surface area contributed by atoms with E-state index < -0.39 is 9.84 Å². The van der Waals surface area contributed by atoms with Crippen LogP contribution < -0.4 is 5.32 Å². The minimum absolute atomic E-state index is 0.0605. The van der Waals surface area contributed by atoms with Crippen LogP contribution in [0.1, 0.15) is 12.5 Å². The van der Waals surface area contributed by atoms with E-state index >= 15 is 0 Å². The zero-order valence-corrected chi connectivity index (χ0v) is 15.7. The minimum Gasteiger partial charge on any atom is -0.352 e. The molecular weight excluding hydrogens is 348 g/mol. The number of fused-ring (bicyclic) bond motifs is 3. The molecule has 1 amide bonds. The second-order valence-electron chi connectivity index (χ2n) is 6.29. The van der Waals surface area contributed by atoms with Gasteiger partial charge in [-0.1, -0.05) is 24.3 Å². The third-order valence-corrected chi connectivity index (χ3v) is 5.26. The number of benzene rings is 2. The molecule has 0 fully saturated rings. The summed E-state index contributed by atoms with van der Waals surface area (Å²) in [6.45, 7) is 3.13. The molecule has 0 spiro atoms.